The van der Waals surface area contributed by atoms with E-state index in [1.54, 1.807) is 19.9 Å². The SMILES string of the molecule is CNC(=O)C(C)(C)CNS(=O)(=O)c1c(N)cccc1Cl. The molecule has 6 nitrogen and oxygen atoms in total. The van der Waals surface area contributed by atoms with Crippen LogP contribution >= 0.6 is 11.6 Å². The second-order valence-corrected chi connectivity index (χ2v) is 7.06. The van der Waals surface area contributed by atoms with Gasteiger partial charge in [-0.2, -0.15) is 0 Å². The first-order valence-corrected chi connectivity index (χ1v) is 7.74. The second-order valence-electron chi connectivity index (χ2n) is 4.95. The fraction of sp³-hybridized carbons (Fsp3) is 0.417. The highest BCUT2D eigenvalue weighted by Crippen LogP contribution is 2.27. The molecule has 112 valence electrons. The van der Waals surface area contributed by atoms with Gasteiger partial charge in [-0.15, -0.1) is 0 Å². The smallest absolute Gasteiger partial charge is 0.244 e. The van der Waals surface area contributed by atoms with Crippen molar-refractivity contribution in [1.29, 1.82) is 0 Å². The number of hydrogen-bond acceptors (Lipinski definition) is 4. The molecule has 20 heavy (non-hydrogen) atoms. The second kappa shape index (κ2) is 5.99. The third kappa shape index (κ3) is 3.62. The number of sulfonamides is 1. The van der Waals surface area contributed by atoms with E-state index in [-0.39, 0.29) is 28.1 Å². The number of nitrogens with one attached hydrogen (secondary N) is 2. The first kappa shape index (κ1) is 16.7. The van der Waals surface area contributed by atoms with Gasteiger partial charge in [0, 0.05) is 13.6 Å². The molecule has 4 N–H and O–H groups in total. The summed E-state index contributed by atoms with van der Waals surface area (Å²) >= 11 is 5.88. The van der Waals surface area contributed by atoms with E-state index in [9.17, 15) is 13.2 Å². The monoisotopic (exact) mass is 319 g/mol. The summed E-state index contributed by atoms with van der Waals surface area (Å²) in [6, 6.07) is 4.45. The summed E-state index contributed by atoms with van der Waals surface area (Å²) in [7, 11) is -2.39. The molecule has 0 aliphatic carbocycles. The van der Waals surface area contributed by atoms with Crippen molar-refractivity contribution in [3.63, 3.8) is 0 Å². The topological polar surface area (TPSA) is 101 Å². The molecule has 0 aliphatic rings. The van der Waals surface area contributed by atoms with E-state index >= 15 is 0 Å². The molecule has 0 spiro atoms. The zero-order valence-electron chi connectivity index (χ0n) is 11.5. The molecule has 0 fully saturated rings. The van der Waals surface area contributed by atoms with Crippen LogP contribution in [0.1, 0.15) is 13.8 Å². The lowest BCUT2D eigenvalue weighted by atomic mass is 9.93. The number of nitrogen functional groups attached to an aromatic ring is 1. The molecule has 0 aliphatic heterocycles. The molecular formula is C12H18ClN3O3S. The predicted molar refractivity (Wildman–Crippen MR) is 78.9 cm³/mol. The predicted octanol–water partition coefficient (Wildman–Crippen LogP) is 0.973. The number of carbonyl (C=O) groups is 1. The van der Waals surface area contributed by atoms with Crippen LogP contribution in [0.4, 0.5) is 5.69 Å². The minimum absolute atomic E-state index is 0.0373. The van der Waals surface area contributed by atoms with E-state index in [4.69, 9.17) is 17.3 Å². The standard InChI is InChI=1S/C12H18ClN3O3S/c1-12(2,11(17)15-3)7-16-20(18,19)10-8(13)5-4-6-9(10)14/h4-6,16H,7,14H2,1-3H3,(H,15,17). The number of halogens is 1. The van der Waals surface area contributed by atoms with E-state index in [1.165, 1.54) is 19.2 Å². The van der Waals surface area contributed by atoms with Crippen molar-refractivity contribution < 1.29 is 13.2 Å². The Morgan fingerprint density at radius 1 is 1.40 bits per heavy atom. The molecule has 0 radical (unpaired) electrons. The summed E-state index contributed by atoms with van der Waals surface area (Å²) in [6.45, 7) is 3.19. The summed E-state index contributed by atoms with van der Waals surface area (Å²) in [6.07, 6.45) is 0. The van der Waals surface area contributed by atoms with Crippen LogP contribution in [-0.4, -0.2) is 27.9 Å². The van der Waals surface area contributed by atoms with Gasteiger partial charge < -0.3 is 11.1 Å². The highest BCUT2D eigenvalue weighted by Gasteiger charge is 2.30. The minimum Gasteiger partial charge on any atom is -0.398 e. The van der Waals surface area contributed by atoms with Gasteiger partial charge in [-0.05, 0) is 26.0 Å². The largest absolute Gasteiger partial charge is 0.398 e. The van der Waals surface area contributed by atoms with Gasteiger partial charge >= 0.3 is 0 Å². The summed E-state index contributed by atoms with van der Waals surface area (Å²) in [5.74, 6) is -0.271. The summed E-state index contributed by atoms with van der Waals surface area (Å²) in [5.41, 5.74) is 4.82. The molecule has 0 atom stereocenters. The van der Waals surface area contributed by atoms with Gasteiger partial charge in [0.2, 0.25) is 15.9 Å². The Hall–Kier alpha value is -1.31. The van der Waals surface area contributed by atoms with Crippen LogP contribution < -0.4 is 15.8 Å². The molecular weight excluding hydrogens is 302 g/mol. The van der Waals surface area contributed by atoms with Crippen LogP contribution in [0.15, 0.2) is 23.1 Å². The summed E-state index contributed by atoms with van der Waals surface area (Å²) in [4.78, 5) is 11.5. The number of carbonyl (C=O) groups excluding carboxylic acids is 1. The zero-order chi connectivity index (χ0) is 15.6. The van der Waals surface area contributed by atoms with Crippen molar-refractivity contribution in [2.24, 2.45) is 5.41 Å². The molecule has 1 aromatic carbocycles. The van der Waals surface area contributed by atoms with Crippen molar-refractivity contribution in [3.05, 3.63) is 23.2 Å². The van der Waals surface area contributed by atoms with Crippen LogP contribution in [0, 0.1) is 5.41 Å². The lowest BCUT2D eigenvalue weighted by Crippen LogP contribution is -2.43. The molecule has 1 rings (SSSR count). The minimum atomic E-state index is -3.88. The first-order valence-electron chi connectivity index (χ1n) is 5.87. The van der Waals surface area contributed by atoms with Gasteiger partial charge in [0.15, 0.2) is 0 Å². The number of benzene rings is 1. The molecule has 0 saturated carbocycles. The zero-order valence-corrected chi connectivity index (χ0v) is 13.1. The molecule has 0 aromatic heterocycles. The van der Waals surface area contributed by atoms with Crippen LogP contribution in [0.5, 0.6) is 0 Å². The number of rotatable bonds is 5. The van der Waals surface area contributed by atoms with Gasteiger partial charge in [0.25, 0.3) is 0 Å². The van der Waals surface area contributed by atoms with Gasteiger partial charge in [0.1, 0.15) is 4.90 Å². The highest BCUT2D eigenvalue weighted by molar-refractivity contribution is 7.89. The average Bonchev–Trinajstić information content (AvgIpc) is 2.35. The molecule has 0 bridgehead atoms. The highest BCUT2D eigenvalue weighted by atomic mass is 35.5. The van der Waals surface area contributed by atoms with Crippen molar-refractivity contribution in [2.75, 3.05) is 19.3 Å². The van der Waals surface area contributed by atoms with E-state index in [0.29, 0.717) is 0 Å². The lowest BCUT2D eigenvalue weighted by molar-refractivity contribution is -0.128. The molecule has 1 amide bonds. The molecule has 0 unspecified atom stereocenters. The fourth-order valence-electron chi connectivity index (χ4n) is 1.58. The quantitative estimate of drug-likeness (QED) is 0.704. The Morgan fingerprint density at radius 3 is 2.50 bits per heavy atom. The van der Waals surface area contributed by atoms with Gasteiger partial charge in [0.05, 0.1) is 16.1 Å². The maximum Gasteiger partial charge on any atom is 0.244 e. The molecule has 0 heterocycles. The van der Waals surface area contributed by atoms with Crippen LogP contribution in [0.2, 0.25) is 5.02 Å². The van der Waals surface area contributed by atoms with Gasteiger partial charge in [-0.25, -0.2) is 13.1 Å². The Bertz CT molecular complexity index is 594. The Kier molecular flexibility index (Phi) is 5.01. The first-order chi connectivity index (χ1) is 9.12. The third-order valence-corrected chi connectivity index (χ3v) is 4.76. The van der Waals surface area contributed by atoms with Crippen LogP contribution in [0.25, 0.3) is 0 Å². The van der Waals surface area contributed by atoms with Crippen molar-refractivity contribution in [2.45, 2.75) is 18.7 Å². The average molecular weight is 320 g/mol. The van der Waals surface area contributed by atoms with E-state index < -0.39 is 15.4 Å². The number of amides is 1. The fourth-order valence-corrected chi connectivity index (χ4v) is 3.46. The van der Waals surface area contributed by atoms with E-state index in [0.717, 1.165) is 0 Å². The lowest BCUT2D eigenvalue weighted by Gasteiger charge is -2.23. The maximum atomic E-state index is 12.2. The van der Waals surface area contributed by atoms with E-state index in [2.05, 4.69) is 10.0 Å². The van der Waals surface area contributed by atoms with Crippen molar-refractivity contribution >= 4 is 33.2 Å². The molecule has 1 aromatic rings. The molecule has 0 saturated heterocycles. The Morgan fingerprint density at radius 2 is 2.00 bits per heavy atom. The number of anilines is 1. The van der Waals surface area contributed by atoms with Crippen LogP contribution in [0.3, 0.4) is 0 Å². The van der Waals surface area contributed by atoms with Crippen LogP contribution in [-0.2, 0) is 14.8 Å². The Balaban J connectivity index is 3.00. The maximum absolute atomic E-state index is 12.2. The van der Waals surface area contributed by atoms with Crippen molar-refractivity contribution in [3.8, 4) is 0 Å². The van der Waals surface area contributed by atoms with Gasteiger partial charge in [-0.3, -0.25) is 4.79 Å². The van der Waals surface area contributed by atoms with Gasteiger partial charge in [-0.1, -0.05) is 17.7 Å². The summed E-state index contributed by atoms with van der Waals surface area (Å²) in [5, 5.41) is 2.52. The normalized spacial score (nSPS) is 12.2. The summed E-state index contributed by atoms with van der Waals surface area (Å²) < 4.78 is 26.8. The third-order valence-electron chi connectivity index (χ3n) is 2.81. The van der Waals surface area contributed by atoms with E-state index in [1.807, 2.05) is 0 Å². The number of hydrogen-bond donors (Lipinski definition) is 3. The molecule has 8 heteroatoms. The number of nitrogens with two attached hydrogens (primary N) is 1. The Labute approximate surface area is 123 Å². The van der Waals surface area contributed by atoms with Crippen molar-refractivity contribution in [1.82, 2.24) is 10.0 Å².